The number of carbonyl (C=O) groups excluding carboxylic acids is 1. The molecular weight excluding hydrogens is 358 g/mol. The van der Waals surface area contributed by atoms with E-state index in [1.165, 1.54) is 15.6 Å². The summed E-state index contributed by atoms with van der Waals surface area (Å²) in [6.07, 6.45) is 2.08. The summed E-state index contributed by atoms with van der Waals surface area (Å²) in [5.41, 5.74) is 0. The summed E-state index contributed by atoms with van der Waals surface area (Å²) in [6.45, 7) is 8.74. The van der Waals surface area contributed by atoms with Gasteiger partial charge in [0.15, 0.2) is 0 Å². The predicted octanol–water partition coefficient (Wildman–Crippen LogP) is 2.00. The topological polar surface area (TPSA) is 69.7 Å². The largest absolute Gasteiger partial charge is 0.353 e. The maximum atomic E-state index is 12.5. The molecule has 1 N–H and O–H groups in total. The number of nitrogens with zero attached hydrogens (tertiary/aromatic N) is 2. The average Bonchev–Trinajstić information content (AvgIpc) is 3.08. The molecule has 1 aliphatic rings. The van der Waals surface area contributed by atoms with Crippen LogP contribution in [0, 0.1) is 5.92 Å². The van der Waals surface area contributed by atoms with Crippen LogP contribution in [0.15, 0.2) is 21.7 Å². The summed E-state index contributed by atoms with van der Waals surface area (Å²) in [5.74, 6) is 0.656. The first-order valence-corrected chi connectivity index (χ1v) is 11.2. The molecule has 0 spiro atoms. The smallest absolute Gasteiger partial charge is 0.252 e. The predicted molar refractivity (Wildman–Crippen MR) is 101 cm³/mol. The maximum Gasteiger partial charge on any atom is 0.252 e. The van der Waals surface area contributed by atoms with Crippen molar-refractivity contribution in [2.24, 2.45) is 5.92 Å². The van der Waals surface area contributed by atoms with Gasteiger partial charge in [0.2, 0.25) is 5.91 Å². The fraction of sp³-hybridized carbons (Fsp3) is 0.706. The van der Waals surface area contributed by atoms with Gasteiger partial charge in [-0.3, -0.25) is 9.69 Å². The first kappa shape index (κ1) is 20.4. The highest BCUT2D eigenvalue weighted by Crippen LogP contribution is 2.21. The second-order valence-corrected chi connectivity index (χ2v) is 10.2. The molecule has 2 heterocycles. The normalized spacial score (nSPS) is 18.4. The van der Waals surface area contributed by atoms with Crippen molar-refractivity contribution in [2.45, 2.75) is 43.9 Å². The van der Waals surface area contributed by atoms with Gasteiger partial charge in [-0.1, -0.05) is 19.9 Å². The van der Waals surface area contributed by atoms with Crippen LogP contribution in [0.3, 0.4) is 0 Å². The van der Waals surface area contributed by atoms with Crippen LogP contribution in [0.4, 0.5) is 0 Å². The molecule has 6 nitrogen and oxygen atoms in total. The van der Waals surface area contributed by atoms with Crippen LogP contribution in [0.2, 0.25) is 0 Å². The molecule has 8 heteroatoms. The van der Waals surface area contributed by atoms with Crippen molar-refractivity contribution in [1.82, 2.24) is 14.5 Å². The lowest BCUT2D eigenvalue weighted by Gasteiger charge is -2.33. The number of sulfonamides is 1. The van der Waals surface area contributed by atoms with Crippen LogP contribution in [0.25, 0.3) is 0 Å². The van der Waals surface area contributed by atoms with Gasteiger partial charge in [0.1, 0.15) is 4.21 Å². The minimum Gasteiger partial charge on any atom is -0.353 e. The Morgan fingerprint density at radius 3 is 2.44 bits per heavy atom. The number of amides is 1. The molecule has 0 aromatic carbocycles. The number of hydrogen-bond donors (Lipinski definition) is 1. The molecule has 1 atom stereocenters. The van der Waals surface area contributed by atoms with Crippen molar-refractivity contribution in [2.75, 3.05) is 32.7 Å². The molecule has 0 bridgehead atoms. The molecule has 0 unspecified atom stereocenters. The van der Waals surface area contributed by atoms with E-state index >= 15 is 0 Å². The molecule has 0 aliphatic carbocycles. The number of carbonyl (C=O) groups is 1. The third-order valence-electron chi connectivity index (χ3n) is 4.37. The Morgan fingerprint density at radius 1 is 1.20 bits per heavy atom. The molecule has 0 saturated carbocycles. The first-order chi connectivity index (χ1) is 11.8. The van der Waals surface area contributed by atoms with E-state index in [0.717, 1.165) is 12.8 Å². The molecule has 1 saturated heterocycles. The van der Waals surface area contributed by atoms with Crippen molar-refractivity contribution < 1.29 is 13.2 Å². The highest BCUT2D eigenvalue weighted by molar-refractivity contribution is 7.91. The minimum atomic E-state index is -3.38. The molecule has 1 amide bonds. The van der Waals surface area contributed by atoms with Gasteiger partial charge in [-0.25, -0.2) is 8.42 Å². The molecule has 1 fully saturated rings. The highest BCUT2D eigenvalue weighted by Gasteiger charge is 2.29. The Bertz CT molecular complexity index is 636. The molecule has 25 heavy (non-hydrogen) atoms. The summed E-state index contributed by atoms with van der Waals surface area (Å²) in [4.78, 5) is 14.2. The Balaban J connectivity index is 1.76. The third kappa shape index (κ3) is 6.06. The quantitative estimate of drug-likeness (QED) is 0.741. The molecule has 2 rings (SSSR count). The number of hydrogen-bond acceptors (Lipinski definition) is 5. The van der Waals surface area contributed by atoms with Gasteiger partial charge in [0.25, 0.3) is 10.0 Å². The van der Waals surface area contributed by atoms with Gasteiger partial charge in [-0.15, -0.1) is 11.3 Å². The van der Waals surface area contributed by atoms with Gasteiger partial charge in [-0.05, 0) is 37.1 Å². The zero-order valence-electron chi connectivity index (χ0n) is 15.3. The van der Waals surface area contributed by atoms with E-state index < -0.39 is 10.0 Å². The number of piperazine rings is 1. The SMILES string of the molecule is CC(C)CC[C@H](C)NC(=O)CN1CCN(S(=O)(=O)c2cccs2)CC1. The summed E-state index contributed by atoms with van der Waals surface area (Å²) >= 11 is 1.24. The number of thiophene rings is 1. The van der Waals surface area contributed by atoms with Crippen LogP contribution in [0.1, 0.15) is 33.6 Å². The summed E-state index contributed by atoms with van der Waals surface area (Å²) in [6, 6.07) is 3.56. The molecular formula is C17H29N3O3S2. The minimum absolute atomic E-state index is 0.0193. The molecule has 0 radical (unpaired) electrons. The Labute approximate surface area is 155 Å². The third-order valence-corrected chi connectivity index (χ3v) is 7.64. The second-order valence-electron chi connectivity index (χ2n) is 7.05. The van der Waals surface area contributed by atoms with E-state index in [0.29, 0.717) is 42.9 Å². The lowest BCUT2D eigenvalue weighted by molar-refractivity contribution is -0.123. The summed E-state index contributed by atoms with van der Waals surface area (Å²) in [7, 11) is -3.38. The zero-order valence-corrected chi connectivity index (χ0v) is 16.9. The maximum absolute atomic E-state index is 12.5. The first-order valence-electron chi connectivity index (χ1n) is 8.84. The van der Waals surface area contributed by atoms with Crippen LogP contribution in [-0.4, -0.2) is 62.3 Å². The van der Waals surface area contributed by atoms with Gasteiger partial charge in [0, 0.05) is 32.2 Å². The van der Waals surface area contributed by atoms with Crippen LogP contribution < -0.4 is 5.32 Å². The lowest BCUT2D eigenvalue weighted by atomic mass is 10.0. The molecule has 1 aliphatic heterocycles. The van der Waals surface area contributed by atoms with Gasteiger partial charge in [0.05, 0.1) is 6.54 Å². The second kappa shape index (κ2) is 9.12. The Morgan fingerprint density at radius 2 is 1.88 bits per heavy atom. The van der Waals surface area contributed by atoms with Crippen LogP contribution in [-0.2, 0) is 14.8 Å². The summed E-state index contributed by atoms with van der Waals surface area (Å²) in [5, 5.41) is 4.81. The van der Waals surface area contributed by atoms with Crippen molar-refractivity contribution in [3.63, 3.8) is 0 Å². The standard InChI is InChI=1S/C17H29N3O3S2/c1-14(2)6-7-15(3)18-16(21)13-19-8-10-20(11-9-19)25(22,23)17-5-4-12-24-17/h4-5,12,14-15H,6-11,13H2,1-3H3,(H,18,21)/t15-/m0/s1. The average molecular weight is 388 g/mol. The van der Waals surface area contributed by atoms with Gasteiger partial charge >= 0.3 is 0 Å². The highest BCUT2D eigenvalue weighted by atomic mass is 32.2. The van der Waals surface area contributed by atoms with E-state index in [1.807, 2.05) is 11.8 Å². The lowest BCUT2D eigenvalue weighted by Crippen LogP contribution is -2.51. The van der Waals surface area contributed by atoms with Gasteiger partial charge in [-0.2, -0.15) is 4.31 Å². The molecule has 1 aromatic heterocycles. The van der Waals surface area contributed by atoms with Crippen molar-refractivity contribution >= 4 is 27.3 Å². The number of rotatable bonds is 8. The zero-order chi connectivity index (χ0) is 18.4. The Kier molecular flexibility index (Phi) is 7.42. The monoisotopic (exact) mass is 387 g/mol. The Hall–Kier alpha value is -0.960. The van der Waals surface area contributed by atoms with Gasteiger partial charge < -0.3 is 5.32 Å². The van der Waals surface area contributed by atoms with Crippen molar-refractivity contribution in [1.29, 1.82) is 0 Å². The van der Waals surface area contributed by atoms with Crippen LogP contribution >= 0.6 is 11.3 Å². The fourth-order valence-corrected chi connectivity index (χ4v) is 5.41. The fourth-order valence-electron chi connectivity index (χ4n) is 2.84. The number of nitrogens with one attached hydrogen (secondary N) is 1. The van der Waals surface area contributed by atoms with Crippen molar-refractivity contribution in [3.8, 4) is 0 Å². The molecule has 142 valence electrons. The van der Waals surface area contributed by atoms with Crippen LogP contribution in [0.5, 0.6) is 0 Å². The van der Waals surface area contributed by atoms with E-state index in [9.17, 15) is 13.2 Å². The van der Waals surface area contributed by atoms with E-state index in [-0.39, 0.29) is 11.9 Å². The van der Waals surface area contributed by atoms with Crippen molar-refractivity contribution in [3.05, 3.63) is 17.5 Å². The molecule has 1 aromatic rings. The van der Waals surface area contributed by atoms with E-state index in [4.69, 9.17) is 0 Å². The summed E-state index contributed by atoms with van der Waals surface area (Å²) < 4.78 is 26.9. The van der Waals surface area contributed by atoms with E-state index in [2.05, 4.69) is 19.2 Å². The van der Waals surface area contributed by atoms with E-state index in [1.54, 1.807) is 17.5 Å².